The van der Waals surface area contributed by atoms with Gasteiger partial charge in [-0.15, -0.1) is 0 Å². The second-order valence-corrected chi connectivity index (χ2v) is 5.10. The molecule has 2 nitrogen and oxygen atoms in total. The largest absolute Gasteiger partial charge is 0.489 e. The predicted octanol–water partition coefficient (Wildman–Crippen LogP) is 3.90. The Bertz CT molecular complexity index is 544. The van der Waals surface area contributed by atoms with E-state index in [0.29, 0.717) is 6.61 Å². The van der Waals surface area contributed by atoms with Crippen LogP contribution in [0.1, 0.15) is 35.2 Å². The van der Waals surface area contributed by atoms with Crippen LogP contribution in [0.5, 0.6) is 5.75 Å². The molecule has 2 aromatic carbocycles. The molecule has 0 aliphatic heterocycles. The van der Waals surface area contributed by atoms with Crippen molar-refractivity contribution in [3.05, 3.63) is 64.7 Å². The molecule has 2 aromatic rings. The van der Waals surface area contributed by atoms with Crippen LogP contribution < -0.4 is 10.5 Å². The molecule has 0 aliphatic carbocycles. The first-order valence-electron chi connectivity index (χ1n) is 6.61. The van der Waals surface area contributed by atoms with Crippen LogP contribution in [-0.4, -0.2) is 0 Å². The second kappa shape index (κ2) is 5.89. The topological polar surface area (TPSA) is 35.2 Å². The van der Waals surface area contributed by atoms with E-state index in [1.165, 1.54) is 16.7 Å². The van der Waals surface area contributed by atoms with Crippen molar-refractivity contribution in [2.45, 2.75) is 33.4 Å². The Kier molecular flexibility index (Phi) is 4.23. The summed E-state index contributed by atoms with van der Waals surface area (Å²) in [6.45, 7) is 6.69. The van der Waals surface area contributed by atoms with Gasteiger partial charge < -0.3 is 10.5 Å². The Morgan fingerprint density at radius 2 is 1.63 bits per heavy atom. The molecular formula is C17H21NO. The average molecular weight is 255 g/mol. The molecular weight excluding hydrogens is 234 g/mol. The van der Waals surface area contributed by atoms with Crippen LogP contribution in [0.4, 0.5) is 0 Å². The minimum Gasteiger partial charge on any atom is -0.489 e. The molecule has 0 radical (unpaired) electrons. The summed E-state index contributed by atoms with van der Waals surface area (Å²) in [7, 11) is 0. The Morgan fingerprint density at radius 3 is 2.26 bits per heavy atom. The third kappa shape index (κ3) is 3.58. The quantitative estimate of drug-likeness (QED) is 0.899. The van der Waals surface area contributed by atoms with Gasteiger partial charge in [-0.1, -0.05) is 42.0 Å². The summed E-state index contributed by atoms with van der Waals surface area (Å²) in [5.74, 6) is 0.885. The minimum absolute atomic E-state index is 0.0198. The van der Waals surface area contributed by atoms with Crippen molar-refractivity contribution >= 4 is 0 Å². The zero-order valence-corrected chi connectivity index (χ0v) is 11.8. The smallest absolute Gasteiger partial charge is 0.124 e. The maximum atomic E-state index is 5.97. The number of hydrogen-bond acceptors (Lipinski definition) is 2. The van der Waals surface area contributed by atoms with Gasteiger partial charge in [-0.25, -0.2) is 0 Å². The van der Waals surface area contributed by atoms with Crippen LogP contribution >= 0.6 is 0 Å². The molecule has 0 bridgehead atoms. The zero-order chi connectivity index (χ0) is 13.8. The van der Waals surface area contributed by atoms with Crippen LogP contribution in [0.2, 0.25) is 0 Å². The number of nitrogens with two attached hydrogens (primary N) is 1. The molecule has 0 aromatic heterocycles. The van der Waals surface area contributed by atoms with Gasteiger partial charge in [0.05, 0.1) is 0 Å². The maximum absolute atomic E-state index is 5.97. The molecule has 0 saturated heterocycles. The number of ether oxygens (including phenoxy) is 1. The fraction of sp³-hybridized carbons (Fsp3) is 0.294. The molecule has 0 saturated carbocycles. The van der Waals surface area contributed by atoms with E-state index in [2.05, 4.69) is 44.2 Å². The molecule has 1 atom stereocenters. The van der Waals surface area contributed by atoms with E-state index >= 15 is 0 Å². The van der Waals surface area contributed by atoms with Gasteiger partial charge in [0.25, 0.3) is 0 Å². The second-order valence-electron chi connectivity index (χ2n) is 5.10. The molecule has 1 unspecified atom stereocenters. The third-order valence-electron chi connectivity index (χ3n) is 3.17. The number of aryl methyl sites for hydroxylation is 2. The molecule has 0 amide bonds. The first-order chi connectivity index (χ1) is 9.06. The maximum Gasteiger partial charge on any atom is 0.124 e. The van der Waals surface area contributed by atoms with Crippen molar-refractivity contribution in [3.8, 4) is 5.75 Å². The summed E-state index contributed by atoms with van der Waals surface area (Å²) in [5.41, 5.74) is 10.6. The fourth-order valence-corrected chi connectivity index (χ4v) is 1.99. The standard InChI is InChI=1S/C17H21NO/c1-12-4-7-15(8-5-12)11-19-17-10-13(2)6-9-16(17)14(3)18/h4-10,14H,11,18H2,1-3H3. The van der Waals surface area contributed by atoms with Crippen molar-refractivity contribution in [2.75, 3.05) is 0 Å². The lowest BCUT2D eigenvalue weighted by Gasteiger charge is -2.15. The summed E-state index contributed by atoms with van der Waals surface area (Å²) >= 11 is 0. The van der Waals surface area contributed by atoms with Crippen LogP contribution in [0.3, 0.4) is 0 Å². The lowest BCUT2D eigenvalue weighted by molar-refractivity contribution is 0.301. The molecule has 0 heterocycles. The first-order valence-corrected chi connectivity index (χ1v) is 6.61. The predicted molar refractivity (Wildman–Crippen MR) is 79.3 cm³/mol. The highest BCUT2D eigenvalue weighted by Crippen LogP contribution is 2.26. The third-order valence-corrected chi connectivity index (χ3v) is 3.17. The number of rotatable bonds is 4. The van der Waals surface area contributed by atoms with E-state index in [1.54, 1.807) is 0 Å². The summed E-state index contributed by atoms with van der Waals surface area (Å²) in [5, 5.41) is 0. The summed E-state index contributed by atoms with van der Waals surface area (Å²) in [4.78, 5) is 0. The van der Waals surface area contributed by atoms with Crippen molar-refractivity contribution < 1.29 is 4.74 Å². The summed E-state index contributed by atoms with van der Waals surface area (Å²) in [6, 6.07) is 14.5. The van der Waals surface area contributed by atoms with Gasteiger partial charge in [0.2, 0.25) is 0 Å². The van der Waals surface area contributed by atoms with E-state index in [9.17, 15) is 0 Å². The molecule has 0 fully saturated rings. The highest BCUT2D eigenvalue weighted by atomic mass is 16.5. The van der Waals surface area contributed by atoms with E-state index in [0.717, 1.165) is 11.3 Å². The van der Waals surface area contributed by atoms with Crippen molar-refractivity contribution in [1.82, 2.24) is 0 Å². The van der Waals surface area contributed by atoms with E-state index in [-0.39, 0.29) is 6.04 Å². The number of hydrogen-bond donors (Lipinski definition) is 1. The van der Waals surface area contributed by atoms with E-state index < -0.39 is 0 Å². The van der Waals surface area contributed by atoms with Gasteiger partial charge in [-0.3, -0.25) is 0 Å². The van der Waals surface area contributed by atoms with Crippen LogP contribution in [0, 0.1) is 13.8 Å². The van der Waals surface area contributed by atoms with Crippen LogP contribution in [0.15, 0.2) is 42.5 Å². The lowest BCUT2D eigenvalue weighted by Crippen LogP contribution is -2.08. The Morgan fingerprint density at radius 1 is 1.00 bits per heavy atom. The Balaban J connectivity index is 2.14. The van der Waals surface area contributed by atoms with Crippen molar-refractivity contribution in [3.63, 3.8) is 0 Å². The van der Waals surface area contributed by atoms with Gasteiger partial charge in [0.15, 0.2) is 0 Å². The van der Waals surface area contributed by atoms with E-state index in [4.69, 9.17) is 10.5 Å². The van der Waals surface area contributed by atoms with Gasteiger partial charge in [0, 0.05) is 11.6 Å². The highest BCUT2D eigenvalue weighted by Gasteiger charge is 2.08. The van der Waals surface area contributed by atoms with Crippen molar-refractivity contribution in [1.29, 1.82) is 0 Å². The Hall–Kier alpha value is -1.80. The highest BCUT2D eigenvalue weighted by molar-refractivity contribution is 5.39. The van der Waals surface area contributed by atoms with Gasteiger partial charge >= 0.3 is 0 Å². The number of benzene rings is 2. The molecule has 19 heavy (non-hydrogen) atoms. The molecule has 0 aliphatic rings. The fourth-order valence-electron chi connectivity index (χ4n) is 1.99. The van der Waals surface area contributed by atoms with Gasteiger partial charge in [-0.2, -0.15) is 0 Å². The van der Waals surface area contributed by atoms with Gasteiger partial charge in [0.1, 0.15) is 12.4 Å². The Labute approximate surface area is 115 Å². The lowest BCUT2D eigenvalue weighted by atomic mass is 10.1. The molecule has 2 heteroatoms. The average Bonchev–Trinajstić information content (AvgIpc) is 2.38. The summed E-state index contributed by atoms with van der Waals surface area (Å²) in [6.07, 6.45) is 0. The molecule has 0 spiro atoms. The molecule has 2 rings (SSSR count). The molecule has 2 N–H and O–H groups in total. The monoisotopic (exact) mass is 255 g/mol. The van der Waals surface area contributed by atoms with E-state index in [1.807, 2.05) is 19.1 Å². The molecule has 100 valence electrons. The zero-order valence-electron chi connectivity index (χ0n) is 11.8. The van der Waals surface area contributed by atoms with Gasteiger partial charge in [-0.05, 0) is 38.0 Å². The minimum atomic E-state index is -0.0198. The normalized spacial score (nSPS) is 12.2. The first kappa shape index (κ1) is 13.6. The SMILES string of the molecule is Cc1ccc(COc2cc(C)ccc2C(C)N)cc1. The van der Waals surface area contributed by atoms with Crippen LogP contribution in [-0.2, 0) is 6.61 Å². The van der Waals surface area contributed by atoms with Crippen LogP contribution in [0.25, 0.3) is 0 Å². The summed E-state index contributed by atoms with van der Waals surface area (Å²) < 4.78 is 5.93. The van der Waals surface area contributed by atoms with Crippen molar-refractivity contribution in [2.24, 2.45) is 5.73 Å².